The van der Waals surface area contributed by atoms with Crippen molar-refractivity contribution < 1.29 is 38.1 Å². The highest BCUT2D eigenvalue weighted by Gasteiger charge is 2.57. The lowest BCUT2D eigenvalue weighted by Crippen LogP contribution is -2.56. The Morgan fingerprint density at radius 2 is 1.62 bits per heavy atom. The third-order valence-corrected chi connectivity index (χ3v) is 8.44. The minimum atomic E-state index is -0.939. The zero-order valence-corrected chi connectivity index (χ0v) is 27.4. The van der Waals surface area contributed by atoms with E-state index in [1.54, 1.807) is 50.2 Å². The van der Waals surface area contributed by atoms with Crippen LogP contribution in [-0.2, 0) is 35.1 Å². The monoisotopic (exact) mass is 663 g/mol. The molecule has 2 aliphatic heterocycles. The van der Waals surface area contributed by atoms with Gasteiger partial charge in [-0.1, -0.05) is 60.7 Å². The van der Waals surface area contributed by atoms with Gasteiger partial charge in [0.15, 0.2) is 12.1 Å². The first-order valence-electron chi connectivity index (χ1n) is 15.5. The number of nitrogens with two attached hydrogens (primary N) is 1. The molecule has 4 N–H and O–H groups in total. The predicted molar refractivity (Wildman–Crippen MR) is 177 cm³/mol. The Labute approximate surface area is 278 Å². The van der Waals surface area contributed by atoms with E-state index in [1.807, 2.05) is 54.8 Å². The summed E-state index contributed by atoms with van der Waals surface area (Å²) in [7, 11) is 0. The molecule has 6 atom stereocenters. The van der Waals surface area contributed by atoms with Crippen molar-refractivity contribution >= 4 is 29.5 Å². The maximum atomic E-state index is 13.9. The summed E-state index contributed by atoms with van der Waals surface area (Å²) in [6.07, 6.45) is -0.922. The first kappa shape index (κ1) is 34.4. The second kappa shape index (κ2) is 15.8. The summed E-state index contributed by atoms with van der Waals surface area (Å²) >= 11 is 1.54. The number of amides is 3. The molecule has 3 aromatic carbocycles. The summed E-state index contributed by atoms with van der Waals surface area (Å²) in [5, 5.41) is 5.81. The van der Waals surface area contributed by atoms with Crippen molar-refractivity contribution in [2.24, 2.45) is 5.73 Å². The third kappa shape index (κ3) is 9.11. The molecule has 3 aromatic rings. The van der Waals surface area contributed by atoms with Crippen molar-refractivity contribution in [2.45, 2.75) is 75.8 Å². The van der Waals surface area contributed by atoms with Crippen LogP contribution in [0.1, 0.15) is 42.6 Å². The number of carbonyl (C=O) groups is 3. The minimum absolute atomic E-state index is 0.235. The van der Waals surface area contributed by atoms with E-state index in [0.29, 0.717) is 23.7 Å². The summed E-state index contributed by atoms with van der Waals surface area (Å²) in [5.74, 6) is -1.03. The molecule has 0 saturated carbocycles. The lowest BCUT2D eigenvalue weighted by Gasteiger charge is -2.32. The van der Waals surface area contributed by atoms with Crippen LogP contribution in [-0.4, -0.2) is 72.2 Å². The average molecular weight is 664 g/mol. The lowest BCUT2D eigenvalue weighted by atomic mass is 9.99. The number of hydrogen-bond donors (Lipinski definition) is 3. The number of benzene rings is 3. The van der Waals surface area contributed by atoms with Gasteiger partial charge in [0, 0.05) is 6.42 Å². The molecule has 2 aliphatic rings. The molecule has 2 heterocycles. The molecule has 47 heavy (non-hydrogen) atoms. The van der Waals surface area contributed by atoms with Gasteiger partial charge in [-0.15, -0.1) is 0 Å². The highest BCUT2D eigenvalue weighted by atomic mass is 32.2. The minimum Gasteiger partial charge on any atom is -0.457 e. The van der Waals surface area contributed by atoms with Crippen LogP contribution in [0.25, 0.3) is 0 Å². The van der Waals surface area contributed by atoms with Crippen LogP contribution in [0.4, 0.5) is 0 Å². The van der Waals surface area contributed by atoms with Gasteiger partial charge < -0.3 is 40.1 Å². The Hall–Kier alpha value is -3.94. The van der Waals surface area contributed by atoms with Gasteiger partial charge in [0.2, 0.25) is 11.8 Å². The fraction of sp³-hybridized carbons (Fsp3) is 0.400. The molecule has 5 rings (SSSR count). The van der Waals surface area contributed by atoms with Gasteiger partial charge in [-0.25, -0.2) is 0 Å². The number of para-hydroxylation sites is 2. The van der Waals surface area contributed by atoms with E-state index in [1.165, 1.54) is 11.8 Å². The van der Waals surface area contributed by atoms with Gasteiger partial charge in [0.1, 0.15) is 35.9 Å². The topological polar surface area (TPSA) is 147 Å². The quantitative estimate of drug-likeness (QED) is 0.218. The fourth-order valence-electron chi connectivity index (χ4n) is 5.63. The molecule has 0 radical (unpaired) electrons. The zero-order valence-electron chi connectivity index (χ0n) is 26.6. The molecule has 0 aromatic heterocycles. The molecule has 12 heteroatoms. The van der Waals surface area contributed by atoms with E-state index in [2.05, 4.69) is 10.6 Å². The van der Waals surface area contributed by atoms with Crippen molar-refractivity contribution in [2.75, 3.05) is 12.0 Å². The zero-order chi connectivity index (χ0) is 33.4. The highest BCUT2D eigenvalue weighted by Crippen LogP contribution is 2.40. The second-order valence-electron chi connectivity index (χ2n) is 11.8. The van der Waals surface area contributed by atoms with Crippen molar-refractivity contribution in [3.8, 4) is 11.5 Å². The van der Waals surface area contributed by atoms with Gasteiger partial charge >= 0.3 is 0 Å². The second-order valence-corrected chi connectivity index (χ2v) is 12.8. The van der Waals surface area contributed by atoms with Crippen LogP contribution in [0.15, 0.2) is 84.9 Å². The van der Waals surface area contributed by atoms with Gasteiger partial charge in [0.05, 0.1) is 18.2 Å². The van der Waals surface area contributed by atoms with Gasteiger partial charge in [0.25, 0.3) is 5.91 Å². The first-order valence-corrected chi connectivity index (χ1v) is 16.9. The predicted octanol–water partition coefficient (Wildman–Crippen LogP) is 4.15. The Balaban J connectivity index is 1.34. The number of primary amides is 1. The lowest BCUT2D eigenvalue weighted by molar-refractivity contribution is -0.222. The molecule has 2 saturated heterocycles. The van der Waals surface area contributed by atoms with E-state index < -0.39 is 60.2 Å². The fourth-order valence-corrected chi connectivity index (χ4v) is 6.10. The Bertz CT molecular complexity index is 1510. The van der Waals surface area contributed by atoms with Crippen molar-refractivity contribution in [3.63, 3.8) is 0 Å². The van der Waals surface area contributed by atoms with Crippen molar-refractivity contribution in [1.29, 1.82) is 0 Å². The number of fused-ring (bicyclic) bond motifs is 1. The van der Waals surface area contributed by atoms with Crippen LogP contribution in [0, 0.1) is 0 Å². The van der Waals surface area contributed by atoms with Gasteiger partial charge in [-0.2, -0.15) is 11.8 Å². The van der Waals surface area contributed by atoms with E-state index in [9.17, 15) is 14.4 Å². The molecular weight excluding hydrogens is 622 g/mol. The van der Waals surface area contributed by atoms with Crippen molar-refractivity contribution in [3.05, 3.63) is 96.1 Å². The third-order valence-electron chi connectivity index (χ3n) is 7.79. The molecule has 0 bridgehead atoms. The normalized spacial score (nSPS) is 22.5. The number of nitrogens with one attached hydrogen (secondary N) is 2. The summed E-state index contributed by atoms with van der Waals surface area (Å²) in [4.78, 5) is 39.8. The van der Waals surface area contributed by atoms with Crippen LogP contribution in [0.3, 0.4) is 0 Å². The molecule has 250 valence electrons. The van der Waals surface area contributed by atoms with E-state index >= 15 is 0 Å². The molecular formula is C35H41N3O8S. The molecule has 0 spiro atoms. The number of thioether (sulfide) groups is 1. The number of carbonyl (C=O) groups excluding carboxylic acids is 3. The van der Waals surface area contributed by atoms with Crippen LogP contribution in [0.2, 0.25) is 0 Å². The summed E-state index contributed by atoms with van der Waals surface area (Å²) in [5.41, 5.74) is 6.86. The van der Waals surface area contributed by atoms with Crippen LogP contribution < -0.4 is 21.1 Å². The Kier molecular flexibility index (Phi) is 11.5. The number of hydrogen-bond acceptors (Lipinski definition) is 9. The first-order chi connectivity index (χ1) is 22.6. The van der Waals surface area contributed by atoms with Crippen LogP contribution >= 0.6 is 11.8 Å². The smallest absolute Gasteiger partial charge is 0.255 e. The summed E-state index contributed by atoms with van der Waals surface area (Å²) in [6.45, 7) is 3.80. The van der Waals surface area contributed by atoms with Crippen LogP contribution in [0.5, 0.6) is 11.5 Å². The maximum Gasteiger partial charge on any atom is 0.255 e. The summed E-state index contributed by atoms with van der Waals surface area (Å²) < 4.78 is 30.7. The van der Waals surface area contributed by atoms with E-state index in [0.717, 1.165) is 5.56 Å². The standard InChI is InChI=1S/C35H41N3O8S/c1-35(2)45-31-30(42-21-22-12-6-4-7-13-22)29(44-34(31)46-35)26(20-28(36)39)38-33(41)25(18-19-47-3)37-32(40)24-16-10-11-17-27(24)43-23-14-8-5-9-15-23/h4-17,25-26,29-31,34H,18-21H2,1-3H3,(H2,36,39)(H,37,40)(H,38,41)/t25-,26+,29+,30-,31+,34+/m0/s1. The average Bonchev–Trinajstić information content (AvgIpc) is 3.53. The van der Waals surface area contributed by atoms with E-state index in [-0.39, 0.29) is 18.6 Å². The largest absolute Gasteiger partial charge is 0.457 e. The molecule has 3 amide bonds. The number of rotatable bonds is 15. The highest BCUT2D eigenvalue weighted by molar-refractivity contribution is 7.98. The summed E-state index contributed by atoms with van der Waals surface area (Å²) in [6, 6.07) is 23.7. The molecule has 0 aliphatic carbocycles. The van der Waals surface area contributed by atoms with Gasteiger partial charge in [-0.3, -0.25) is 14.4 Å². The number of ether oxygens (including phenoxy) is 5. The Morgan fingerprint density at radius 1 is 0.936 bits per heavy atom. The van der Waals surface area contributed by atoms with E-state index in [4.69, 9.17) is 29.4 Å². The molecule has 2 fully saturated rings. The molecule has 0 unspecified atom stereocenters. The maximum absolute atomic E-state index is 13.9. The van der Waals surface area contributed by atoms with Crippen molar-refractivity contribution in [1.82, 2.24) is 10.6 Å². The Morgan fingerprint density at radius 3 is 2.32 bits per heavy atom. The SMILES string of the molecule is CSCC[C@H](NC(=O)c1ccccc1Oc1ccccc1)C(=O)N[C@H](CC(N)=O)[C@H]1O[C@@H]2OC(C)(C)O[C@@H]2[C@H]1OCc1ccccc1. The van der Waals surface area contributed by atoms with Gasteiger partial charge in [-0.05, 0) is 62.1 Å². The molecule has 11 nitrogen and oxygen atoms in total.